The summed E-state index contributed by atoms with van der Waals surface area (Å²) in [5.74, 6) is 0.885. The zero-order valence-electron chi connectivity index (χ0n) is 9.85. The molecular weight excluding hydrogens is 216 g/mol. The van der Waals surface area contributed by atoms with Gasteiger partial charge in [-0.25, -0.2) is 9.97 Å². The van der Waals surface area contributed by atoms with E-state index in [0.29, 0.717) is 17.9 Å². The third kappa shape index (κ3) is 1.62. The maximum Gasteiger partial charge on any atom is 0.223 e. The Hall–Kier alpha value is -1.78. The van der Waals surface area contributed by atoms with Gasteiger partial charge in [0.15, 0.2) is 0 Å². The minimum Gasteiger partial charge on any atom is -0.494 e. The van der Waals surface area contributed by atoms with Crippen molar-refractivity contribution in [2.45, 2.75) is 31.7 Å². The zero-order valence-corrected chi connectivity index (χ0v) is 9.85. The molecule has 2 N–H and O–H groups in total. The first-order chi connectivity index (χ1) is 8.29. The van der Waals surface area contributed by atoms with Crippen molar-refractivity contribution >= 4 is 16.9 Å². The highest BCUT2D eigenvalue weighted by molar-refractivity contribution is 5.84. The first kappa shape index (κ1) is 10.4. The number of nitrogens with zero attached hydrogens (tertiary/aromatic N) is 3. The van der Waals surface area contributed by atoms with Crippen LogP contribution in [-0.4, -0.2) is 26.7 Å². The van der Waals surface area contributed by atoms with Gasteiger partial charge in [0.2, 0.25) is 11.8 Å². The molecule has 3 rings (SSSR count). The van der Waals surface area contributed by atoms with E-state index < -0.39 is 0 Å². The van der Waals surface area contributed by atoms with E-state index in [-0.39, 0.29) is 0 Å². The number of hydrogen-bond donors (Lipinski definition) is 2. The number of aromatic hydroxyl groups is 1. The first-order valence-corrected chi connectivity index (χ1v) is 6.04. The summed E-state index contributed by atoms with van der Waals surface area (Å²) >= 11 is 0. The maximum atomic E-state index is 10.2. The number of aromatic nitrogens is 3. The zero-order chi connectivity index (χ0) is 11.8. The average molecular weight is 232 g/mol. The molecular formula is C12H16N4O. The van der Waals surface area contributed by atoms with Crippen LogP contribution < -0.4 is 5.32 Å². The Kier molecular flexibility index (Phi) is 2.39. The van der Waals surface area contributed by atoms with Crippen LogP contribution in [0.4, 0.5) is 5.95 Å². The van der Waals surface area contributed by atoms with Crippen molar-refractivity contribution in [3.05, 3.63) is 12.4 Å². The summed E-state index contributed by atoms with van der Waals surface area (Å²) in [6, 6.07) is 0.419. The molecule has 0 unspecified atom stereocenters. The van der Waals surface area contributed by atoms with Gasteiger partial charge < -0.3 is 15.0 Å². The molecule has 5 nitrogen and oxygen atoms in total. The van der Waals surface area contributed by atoms with Crippen LogP contribution in [-0.2, 0) is 0 Å². The van der Waals surface area contributed by atoms with Crippen molar-refractivity contribution < 1.29 is 5.11 Å². The van der Waals surface area contributed by atoms with Gasteiger partial charge in [0.05, 0.1) is 10.9 Å². The van der Waals surface area contributed by atoms with Gasteiger partial charge in [-0.1, -0.05) is 12.8 Å². The fourth-order valence-corrected chi connectivity index (χ4v) is 2.58. The third-order valence-electron chi connectivity index (χ3n) is 3.51. The Labute approximate surface area is 99.5 Å². The number of hydrogen-bond acceptors (Lipinski definition) is 4. The van der Waals surface area contributed by atoms with E-state index in [2.05, 4.69) is 15.3 Å². The topological polar surface area (TPSA) is 63.0 Å². The lowest BCUT2D eigenvalue weighted by Gasteiger charge is -2.11. The molecule has 0 amide bonds. The highest BCUT2D eigenvalue weighted by Gasteiger charge is 2.21. The molecule has 0 radical (unpaired) electrons. The monoisotopic (exact) mass is 232 g/mol. The van der Waals surface area contributed by atoms with Gasteiger partial charge in [0, 0.05) is 25.5 Å². The van der Waals surface area contributed by atoms with E-state index >= 15 is 0 Å². The second-order valence-corrected chi connectivity index (χ2v) is 4.54. The molecule has 5 heteroatoms. The second kappa shape index (κ2) is 3.91. The predicted octanol–water partition coefficient (Wildman–Crippen LogP) is 2.29. The van der Waals surface area contributed by atoms with Crippen molar-refractivity contribution in [3.8, 4) is 5.88 Å². The van der Waals surface area contributed by atoms with Gasteiger partial charge in [-0.05, 0) is 12.8 Å². The quantitative estimate of drug-likeness (QED) is 0.834. The van der Waals surface area contributed by atoms with Crippen LogP contribution >= 0.6 is 0 Å². The minimum absolute atomic E-state index is 0.301. The largest absolute Gasteiger partial charge is 0.494 e. The van der Waals surface area contributed by atoms with Gasteiger partial charge in [-0.2, -0.15) is 0 Å². The standard InChI is InChI=1S/C12H16N4O/c1-13-12-14-6-9-10(15-12)7-16(11(9)17)8-4-2-3-5-8/h6-8,17H,2-5H2,1H3,(H,13,15). The van der Waals surface area contributed by atoms with E-state index in [9.17, 15) is 5.11 Å². The summed E-state index contributed by atoms with van der Waals surface area (Å²) in [6.07, 6.45) is 8.37. The molecule has 1 saturated carbocycles. The number of nitrogens with one attached hydrogen (secondary N) is 1. The molecule has 90 valence electrons. The molecule has 17 heavy (non-hydrogen) atoms. The van der Waals surface area contributed by atoms with Crippen LogP contribution in [0.2, 0.25) is 0 Å². The highest BCUT2D eigenvalue weighted by Crippen LogP contribution is 2.36. The molecule has 0 saturated heterocycles. The maximum absolute atomic E-state index is 10.2. The van der Waals surface area contributed by atoms with Crippen LogP contribution in [0.3, 0.4) is 0 Å². The molecule has 1 aliphatic carbocycles. The van der Waals surface area contributed by atoms with E-state index in [1.54, 1.807) is 13.2 Å². The Morgan fingerprint density at radius 2 is 2.18 bits per heavy atom. The fraction of sp³-hybridized carbons (Fsp3) is 0.500. The van der Waals surface area contributed by atoms with Crippen molar-refractivity contribution in [3.63, 3.8) is 0 Å². The summed E-state index contributed by atoms with van der Waals surface area (Å²) in [7, 11) is 1.79. The molecule has 2 heterocycles. The van der Waals surface area contributed by atoms with Crippen LogP contribution in [0.25, 0.3) is 10.9 Å². The van der Waals surface area contributed by atoms with Crippen molar-refractivity contribution in [1.29, 1.82) is 0 Å². The smallest absolute Gasteiger partial charge is 0.223 e. The summed E-state index contributed by atoms with van der Waals surface area (Å²) in [4.78, 5) is 8.47. The minimum atomic E-state index is 0.301. The van der Waals surface area contributed by atoms with Crippen molar-refractivity contribution in [2.24, 2.45) is 0 Å². The molecule has 0 atom stereocenters. The van der Waals surface area contributed by atoms with Gasteiger partial charge in [0.25, 0.3) is 0 Å². The molecule has 0 aromatic carbocycles. The number of rotatable bonds is 2. The molecule has 1 fully saturated rings. The lowest BCUT2D eigenvalue weighted by molar-refractivity contribution is 0.387. The molecule has 2 aromatic heterocycles. The Balaban J connectivity index is 2.10. The summed E-state index contributed by atoms with van der Waals surface area (Å²) in [5, 5.41) is 13.8. The first-order valence-electron chi connectivity index (χ1n) is 6.04. The molecule has 2 aromatic rings. The second-order valence-electron chi connectivity index (χ2n) is 4.54. The Bertz CT molecular complexity index is 543. The molecule has 0 aliphatic heterocycles. The Morgan fingerprint density at radius 3 is 2.88 bits per heavy atom. The van der Waals surface area contributed by atoms with E-state index in [1.807, 2.05) is 10.8 Å². The summed E-state index contributed by atoms with van der Waals surface area (Å²) in [5.41, 5.74) is 0.800. The van der Waals surface area contributed by atoms with Crippen molar-refractivity contribution in [1.82, 2.24) is 14.5 Å². The third-order valence-corrected chi connectivity index (χ3v) is 3.51. The molecule has 0 bridgehead atoms. The highest BCUT2D eigenvalue weighted by atomic mass is 16.3. The molecule has 0 spiro atoms. The average Bonchev–Trinajstić information content (AvgIpc) is 2.97. The SMILES string of the molecule is CNc1ncc2c(O)n(C3CCCC3)cc2n1. The summed E-state index contributed by atoms with van der Waals surface area (Å²) < 4.78 is 1.95. The Morgan fingerprint density at radius 1 is 1.41 bits per heavy atom. The van der Waals surface area contributed by atoms with Crippen molar-refractivity contribution in [2.75, 3.05) is 12.4 Å². The molecule has 1 aliphatic rings. The van der Waals surface area contributed by atoms with Gasteiger partial charge in [-0.3, -0.25) is 0 Å². The number of fused-ring (bicyclic) bond motifs is 1. The normalized spacial score (nSPS) is 16.8. The van der Waals surface area contributed by atoms with E-state index in [0.717, 1.165) is 23.7 Å². The van der Waals surface area contributed by atoms with Gasteiger partial charge in [-0.15, -0.1) is 0 Å². The van der Waals surface area contributed by atoms with Gasteiger partial charge >= 0.3 is 0 Å². The number of anilines is 1. The van der Waals surface area contributed by atoms with Crippen LogP contribution in [0.1, 0.15) is 31.7 Å². The van der Waals surface area contributed by atoms with Crippen LogP contribution in [0.5, 0.6) is 5.88 Å². The van der Waals surface area contributed by atoms with Gasteiger partial charge in [0.1, 0.15) is 0 Å². The predicted molar refractivity (Wildman–Crippen MR) is 66.2 cm³/mol. The van der Waals surface area contributed by atoms with E-state index in [1.165, 1.54) is 12.8 Å². The lowest BCUT2D eigenvalue weighted by Crippen LogP contribution is -2.01. The van der Waals surface area contributed by atoms with Crippen LogP contribution in [0, 0.1) is 0 Å². The van der Waals surface area contributed by atoms with Crippen LogP contribution in [0.15, 0.2) is 12.4 Å². The lowest BCUT2D eigenvalue weighted by atomic mass is 10.2. The fourth-order valence-electron chi connectivity index (χ4n) is 2.58. The summed E-state index contributed by atoms with van der Waals surface area (Å²) in [6.45, 7) is 0. The van der Waals surface area contributed by atoms with E-state index in [4.69, 9.17) is 0 Å².